The molecule has 252 valence electrons. The minimum absolute atomic E-state index is 0.0443. The van der Waals surface area contributed by atoms with E-state index in [0.717, 1.165) is 22.7 Å². The van der Waals surface area contributed by atoms with Gasteiger partial charge in [-0.05, 0) is 86.8 Å². The summed E-state index contributed by atoms with van der Waals surface area (Å²) in [5.74, 6) is 0.921. The molecule has 3 nitrogen and oxygen atoms in total. The monoisotopic (exact) mass is 672 g/mol. The van der Waals surface area contributed by atoms with Crippen LogP contribution in [0.3, 0.4) is 0 Å². The van der Waals surface area contributed by atoms with Gasteiger partial charge in [0.15, 0.2) is 0 Å². The zero-order valence-corrected chi connectivity index (χ0v) is 30.7. The first-order valence-electron chi connectivity index (χ1n) is 18.5. The van der Waals surface area contributed by atoms with E-state index in [9.17, 15) is 0 Å². The highest BCUT2D eigenvalue weighted by molar-refractivity contribution is 6.88. The lowest BCUT2D eigenvalue weighted by atomic mass is 9.48. The molecule has 0 atom stereocenters. The van der Waals surface area contributed by atoms with Crippen LogP contribution in [0.2, 0.25) is 0 Å². The van der Waals surface area contributed by atoms with Gasteiger partial charge >= 0.3 is 6.92 Å². The molecule has 0 aliphatic carbocycles. The Kier molecular flexibility index (Phi) is 6.50. The molecule has 10 rings (SSSR count). The van der Waals surface area contributed by atoms with Crippen LogP contribution in [-0.4, -0.2) is 11.5 Å². The summed E-state index contributed by atoms with van der Waals surface area (Å²) in [6.45, 7) is 13.7. The van der Waals surface area contributed by atoms with Gasteiger partial charge in [-0.15, -0.1) is 0 Å². The van der Waals surface area contributed by atoms with Crippen molar-refractivity contribution >= 4 is 67.5 Å². The molecule has 0 unspecified atom stereocenters. The standard InChI is InChI=1S/C48H41BN2O/c1-47(2,3)31-26-32(48(4,5)6)28-34(27-31)51-40-25-24-30-16-10-11-19-35(30)44(40)49-45-38(36-20-13-15-23-42(36)52-49)29-41-43(46(45)51)37-21-12-14-22-39(37)50(41)33-17-8-7-9-18-33/h7-29H,1-6H3. The van der Waals surface area contributed by atoms with Crippen LogP contribution in [0.25, 0.3) is 49.4 Å². The van der Waals surface area contributed by atoms with Gasteiger partial charge in [0.1, 0.15) is 5.75 Å². The van der Waals surface area contributed by atoms with Crippen LogP contribution < -0.4 is 20.5 Å². The highest BCUT2D eigenvalue weighted by Gasteiger charge is 2.45. The van der Waals surface area contributed by atoms with Gasteiger partial charge in [-0.1, -0.05) is 133 Å². The summed E-state index contributed by atoms with van der Waals surface area (Å²) in [5.41, 5.74) is 14.4. The Hall–Kier alpha value is -5.74. The molecular weight excluding hydrogens is 631 g/mol. The molecule has 0 fully saturated rings. The molecule has 0 radical (unpaired) electrons. The third-order valence-corrected chi connectivity index (χ3v) is 11.3. The smallest absolute Gasteiger partial charge is 0.432 e. The van der Waals surface area contributed by atoms with Gasteiger partial charge in [0.05, 0.1) is 16.7 Å². The average Bonchev–Trinajstić information content (AvgIpc) is 3.48. The Labute approximate surface area is 306 Å². The van der Waals surface area contributed by atoms with E-state index in [4.69, 9.17) is 4.65 Å². The fraction of sp³-hybridized carbons (Fsp3) is 0.167. The molecule has 0 amide bonds. The van der Waals surface area contributed by atoms with Gasteiger partial charge in [-0.25, -0.2) is 0 Å². The maximum atomic E-state index is 7.23. The summed E-state index contributed by atoms with van der Waals surface area (Å²) in [6.07, 6.45) is 0. The fourth-order valence-electron chi connectivity index (χ4n) is 8.63. The molecule has 0 bridgehead atoms. The quantitative estimate of drug-likeness (QED) is 0.170. The predicted octanol–water partition coefficient (Wildman–Crippen LogP) is 11.5. The third-order valence-electron chi connectivity index (χ3n) is 11.3. The minimum Gasteiger partial charge on any atom is -0.551 e. The van der Waals surface area contributed by atoms with Crippen molar-refractivity contribution in [2.24, 2.45) is 0 Å². The summed E-state index contributed by atoms with van der Waals surface area (Å²) >= 11 is 0. The summed E-state index contributed by atoms with van der Waals surface area (Å²) in [7, 11) is 0. The number of rotatable bonds is 2. The lowest BCUT2D eigenvalue weighted by Crippen LogP contribution is -2.56. The molecule has 7 aromatic carbocycles. The lowest BCUT2D eigenvalue weighted by molar-refractivity contribution is 0.568. The molecule has 52 heavy (non-hydrogen) atoms. The van der Waals surface area contributed by atoms with Crippen LogP contribution in [0, 0.1) is 0 Å². The van der Waals surface area contributed by atoms with Crippen molar-refractivity contribution in [3.05, 3.63) is 151 Å². The third kappa shape index (κ3) is 4.46. The Morgan fingerprint density at radius 2 is 1.17 bits per heavy atom. The van der Waals surface area contributed by atoms with Gasteiger partial charge in [0, 0.05) is 44.3 Å². The molecule has 2 aliphatic rings. The summed E-state index contributed by atoms with van der Waals surface area (Å²) in [6, 6.07) is 51.5. The van der Waals surface area contributed by atoms with Gasteiger partial charge < -0.3 is 14.1 Å². The van der Waals surface area contributed by atoms with E-state index in [1.165, 1.54) is 71.6 Å². The SMILES string of the molecule is CC(C)(C)c1cc(N2c3ccc4ccccc4c3B3Oc4ccccc4-c4cc5c(c2c43)c2ccccc2n5-c2ccccc2)cc(C(C)(C)C)c1. The Bertz CT molecular complexity index is 2710. The number of fused-ring (bicyclic) bond motifs is 10. The number of para-hydroxylation sites is 3. The number of aromatic nitrogens is 1. The van der Waals surface area contributed by atoms with E-state index in [2.05, 4.69) is 191 Å². The summed E-state index contributed by atoms with van der Waals surface area (Å²) in [4.78, 5) is 2.59. The lowest BCUT2D eigenvalue weighted by Gasteiger charge is -2.41. The number of nitrogens with zero attached hydrogens (tertiary/aromatic N) is 2. The van der Waals surface area contributed by atoms with Gasteiger partial charge in [0.2, 0.25) is 0 Å². The first kappa shape index (κ1) is 31.0. The number of hydrogen-bond donors (Lipinski definition) is 0. The molecule has 0 saturated heterocycles. The minimum atomic E-state index is -0.284. The maximum absolute atomic E-state index is 7.23. The second kappa shape index (κ2) is 10.9. The summed E-state index contributed by atoms with van der Waals surface area (Å²) < 4.78 is 9.69. The average molecular weight is 673 g/mol. The molecule has 4 heteroatoms. The van der Waals surface area contributed by atoms with Gasteiger partial charge in [-0.2, -0.15) is 0 Å². The van der Waals surface area contributed by atoms with Crippen molar-refractivity contribution in [1.82, 2.24) is 4.57 Å². The van der Waals surface area contributed by atoms with Crippen LogP contribution >= 0.6 is 0 Å². The zero-order valence-electron chi connectivity index (χ0n) is 30.7. The predicted molar refractivity (Wildman–Crippen MR) is 221 cm³/mol. The highest BCUT2D eigenvalue weighted by Crippen LogP contribution is 2.50. The van der Waals surface area contributed by atoms with Crippen molar-refractivity contribution < 1.29 is 4.65 Å². The largest absolute Gasteiger partial charge is 0.551 e. The van der Waals surface area contributed by atoms with Crippen LogP contribution in [0.15, 0.2) is 140 Å². The van der Waals surface area contributed by atoms with Crippen molar-refractivity contribution in [3.63, 3.8) is 0 Å². The Morgan fingerprint density at radius 1 is 0.519 bits per heavy atom. The van der Waals surface area contributed by atoms with Gasteiger partial charge in [0.25, 0.3) is 0 Å². The van der Waals surface area contributed by atoms with Crippen molar-refractivity contribution in [2.75, 3.05) is 4.90 Å². The van der Waals surface area contributed by atoms with Gasteiger partial charge in [-0.3, -0.25) is 0 Å². The first-order valence-corrected chi connectivity index (χ1v) is 18.5. The molecule has 0 N–H and O–H groups in total. The number of hydrogen-bond acceptors (Lipinski definition) is 2. The molecule has 0 spiro atoms. The molecule has 1 aromatic heterocycles. The maximum Gasteiger partial charge on any atom is 0.432 e. The van der Waals surface area contributed by atoms with E-state index < -0.39 is 0 Å². The van der Waals surface area contributed by atoms with Crippen molar-refractivity contribution in [2.45, 2.75) is 52.4 Å². The van der Waals surface area contributed by atoms with E-state index in [1.54, 1.807) is 0 Å². The van der Waals surface area contributed by atoms with E-state index >= 15 is 0 Å². The van der Waals surface area contributed by atoms with Crippen LogP contribution in [0.5, 0.6) is 5.75 Å². The Balaban J connectivity index is 1.44. The first-order chi connectivity index (χ1) is 25.1. The van der Waals surface area contributed by atoms with E-state index in [-0.39, 0.29) is 17.7 Å². The number of anilines is 3. The zero-order chi connectivity index (χ0) is 35.5. The molecule has 2 aliphatic heterocycles. The van der Waals surface area contributed by atoms with Crippen molar-refractivity contribution in [1.29, 1.82) is 0 Å². The van der Waals surface area contributed by atoms with Crippen LogP contribution in [-0.2, 0) is 10.8 Å². The van der Waals surface area contributed by atoms with Crippen LogP contribution in [0.1, 0.15) is 52.7 Å². The van der Waals surface area contributed by atoms with Crippen molar-refractivity contribution in [3.8, 4) is 22.6 Å². The fourth-order valence-corrected chi connectivity index (χ4v) is 8.63. The van der Waals surface area contributed by atoms with Crippen LogP contribution in [0.4, 0.5) is 17.1 Å². The topological polar surface area (TPSA) is 17.4 Å². The highest BCUT2D eigenvalue weighted by atomic mass is 16.4. The summed E-state index contributed by atoms with van der Waals surface area (Å²) in [5, 5.41) is 4.91. The molecule has 8 aromatic rings. The second-order valence-electron chi connectivity index (χ2n) is 16.6. The Morgan fingerprint density at radius 3 is 1.92 bits per heavy atom. The normalized spacial score (nSPS) is 13.7. The molecular formula is C48H41BN2O. The molecule has 0 saturated carbocycles. The van der Waals surface area contributed by atoms with E-state index in [0.29, 0.717) is 0 Å². The number of benzene rings is 7. The van der Waals surface area contributed by atoms with E-state index in [1.807, 2.05) is 0 Å². The second-order valence-corrected chi connectivity index (χ2v) is 16.6. The molecule has 3 heterocycles.